The van der Waals surface area contributed by atoms with Crippen molar-refractivity contribution in [3.05, 3.63) is 64.7 Å². The van der Waals surface area contributed by atoms with Gasteiger partial charge in [0.1, 0.15) is 5.75 Å². The van der Waals surface area contributed by atoms with Crippen molar-refractivity contribution in [3.8, 4) is 5.75 Å². The van der Waals surface area contributed by atoms with E-state index in [9.17, 15) is 5.11 Å². The van der Waals surface area contributed by atoms with Crippen molar-refractivity contribution in [2.45, 2.75) is 6.42 Å². The third-order valence-corrected chi connectivity index (χ3v) is 3.26. The lowest BCUT2D eigenvalue weighted by Crippen LogP contribution is -1.89. The summed E-state index contributed by atoms with van der Waals surface area (Å²) in [5.74, 6) is 0.286. The van der Waals surface area contributed by atoms with Crippen LogP contribution in [0.5, 0.6) is 5.75 Å². The van der Waals surface area contributed by atoms with Crippen molar-refractivity contribution < 1.29 is 5.11 Å². The number of rotatable bonds is 2. The summed E-state index contributed by atoms with van der Waals surface area (Å²) in [6.07, 6.45) is 2.72. The molecule has 90 valence electrons. The molecule has 0 saturated carbocycles. The van der Waals surface area contributed by atoms with E-state index in [1.807, 2.05) is 40.9 Å². The zero-order valence-corrected chi connectivity index (χ0v) is 10.4. The first-order valence-corrected chi connectivity index (χ1v) is 6.11. The predicted octanol–water partition coefficient (Wildman–Crippen LogP) is 3.29. The van der Waals surface area contributed by atoms with Crippen LogP contribution in [-0.4, -0.2) is 14.5 Å². The highest BCUT2D eigenvalue weighted by Gasteiger charge is 2.05. The highest BCUT2D eigenvalue weighted by atomic mass is 32.1. The highest BCUT2D eigenvalue weighted by molar-refractivity contribution is 7.71. The summed E-state index contributed by atoms with van der Waals surface area (Å²) in [5.41, 5.74) is 3.32. The highest BCUT2D eigenvalue weighted by Crippen LogP contribution is 2.17. The molecule has 1 aromatic carbocycles. The zero-order valence-electron chi connectivity index (χ0n) is 9.63. The van der Waals surface area contributed by atoms with E-state index in [0.29, 0.717) is 4.77 Å². The number of phenols is 1. The summed E-state index contributed by atoms with van der Waals surface area (Å²) < 4.78 is 2.67. The number of benzene rings is 1. The maximum Gasteiger partial charge on any atom is 0.182 e. The van der Waals surface area contributed by atoms with Crippen LogP contribution in [0.15, 0.2) is 48.7 Å². The number of imidazole rings is 1. The number of phenolic OH excluding ortho intramolecular Hbond substituents is 1. The van der Waals surface area contributed by atoms with Gasteiger partial charge in [-0.1, -0.05) is 18.2 Å². The summed E-state index contributed by atoms with van der Waals surface area (Å²) in [7, 11) is 0. The average Bonchev–Trinajstić information content (AvgIpc) is 2.70. The molecule has 0 radical (unpaired) electrons. The molecule has 3 rings (SSSR count). The monoisotopic (exact) mass is 256 g/mol. The number of aromatic amines is 1. The van der Waals surface area contributed by atoms with Crippen LogP contribution in [0, 0.1) is 4.77 Å². The topological polar surface area (TPSA) is 40.4 Å². The van der Waals surface area contributed by atoms with Crippen LogP contribution in [0.1, 0.15) is 11.3 Å². The van der Waals surface area contributed by atoms with E-state index >= 15 is 0 Å². The number of aromatic nitrogens is 2. The SMILES string of the molecule is Oc1ccc(Cc2[nH]c(=S)n3ccccc23)cc1. The number of fused-ring (bicyclic) bond motifs is 1. The second-order valence-electron chi connectivity index (χ2n) is 4.21. The van der Waals surface area contributed by atoms with Gasteiger partial charge in [0.15, 0.2) is 4.77 Å². The number of pyridine rings is 1. The molecular formula is C14H12N2OS. The van der Waals surface area contributed by atoms with Crippen LogP contribution in [0.3, 0.4) is 0 Å². The molecule has 2 N–H and O–H groups in total. The summed E-state index contributed by atoms with van der Waals surface area (Å²) in [4.78, 5) is 3.23. The molecule has 18 heavy (non-hydrogen) atoms. The van der Waals surface area contributed by atoms with Gasteiger partial charge < -0.3 is 10.1 Å². The molecule has 0 amide bonds. The van der Waals surface area contributed by atoms with E-state index in [-0.39, 0.29) is 5.75 Å². The van der Waals surface area contributed by atoms with Gasteiger partial charge in [-0.15, -0.1) is 0 Å². The van der Waals surface area contributed by atoms with Crippen molar-refractivity contribution in [2.24, 2.45) is 0 Å². The third kappa shape index (κ3) is 1.91. The Morgan fingerprint density at radius 1 is 1.11 bits per heavy atom. The minimum absolute atomic E-state index is 0.286. The fourth-order valence-electron chi connectivity index (χ4n) is 2.07. The fourth-order valence-corrected chi connectivity index (χ4v) is 2.35. The van der Waals surface area contributed by atoms with Gasteiger partial charge in [-0.2, -0.15) is 0 Å². The Kier molecular flexibility index (Phi) is 2.64. The van der Waals surface area contributed by atoms with Crippen molar-refractivity contribution in [1.29, 1.82) is 0 Å². The molecule has 0 spiro atoms. The summed E-state index contributed by atoms with van der Waals surface area (Å²) in [5, 5.41) is 9.27. The number of nitrogens with zero attached hydrogens (tertiary/aromatic N) is 1. The smallest absolute Gasteiger partial charge is 0.182 e. The van der Waals surface area contributed by atoms with Gasteiger partial charge in [-0.05, 0) is 42.0 Å². The number of hydrogen-bond acceptors (Lipinski definition) is 2. The van der Waals surface area contributed by atoms with Crippen LogP contribution in [0.25, 0.3) is 5.52 Å². The van der Waals surface area contributed by atoms with Gasteiger partial charge in [0, 0.05) is 18.3 Å². The summed E-state index contributed by atoms with van der Waals surface area (Å²) >= 11 is 5.28. The lowest BCUT2D eigenvalue weighted by atomic mass is 10.1. The Morgan fingerprint density at radius 2 is 1.89 bits per heavy atom. The molecule has 0 bridgehead atoms. The maximum atomic E-state index is 9.27. The van der Waals surface area contributed by atoms with E-state index in [1.54, 1.807) is 12.1 Å². The quantitative estimate of drug-likeness (QED) is 0.691. The van der Waals surface area contributed by atoms with Crippen LogP contribution in [0.2, 0.25) is 0 Å². The Morgan fingerprint density at radius 3 is 2.67 bits per heavy atom. The summed E-state index contributed by atoms with van der Waals surface area (Å²) in [6.45, 7) is 0. The van der Waals surface area contributed by atoms with Crippen molar-refractivity contribution >= 4 is 17.7 Å². The first kappa shape index (κ1) is 11.0. The molecule has 3 nitrogen and oxygen atoms in total. The molecule has 0 aliphatic carbocycles. The van der Waals surface area contributed by atoms with Crippen molar-refractivity contribution in [1.82, 2.24) is 9.38 Å². The molecular weight excluding hydrogens is 244 g/mol. The Bertz CT molecular complexity index is 740. The molecule has 2 aromatic heterocycles. The van der Waals surface area contributed by atoms with E-state index in [1.165, 1.54) is 0 Å². The molecule has 0 unspecified atom stereocenters. The number of H-pyrrole nitrogens is 1. The largest absolute Gasteiger partial charge is 0.508 e. The average molecular weight is 256 g/mol. The minimum atomic E-state index is 0.286. The van der Waals surface area contributed by atoms with Gasteiger partial charge in [-0.25, -0.2) is 0 Å². The summed E-state index contributed by atoms with van der Waals surface area (Å²) in [6, 6.07) is 13.2. The second-order valence-corrected chi connectivity index (χ2v) is 4.59. The van der Waals surface area contributed by atoms with Crippen molar-refractivity contribution in [2.75, 3.05) is 0 Å². The molecule has 0 aliphatic heterocycles. The standard InChI is InChI=1S/C14H12N2OS/c17-11-6-4-10(5-7-11)9-12-13-3-1-2-8-16(13)14(18)15-12/h1-8,17H,9H2,(H,15,18). The van der Waals surface area contributed by atoms with Crippen LogP contribution < -0.4 is 0 Å². The Labute approximate surface area is 109 Å². The van der Waals surface area contributed by atoms with Crippen molar-refractivity contribution in [3.63, 3.8) is 0 Å². The number of hydrogen-bond donors (Lipinski definition) is 2. The lowest BCUT2D eigenvalue weighted by molar-refractivity contribution is 0.475. The normalized spacial score (nSPS) is 10.9. The second kappa shape index (κ2) is 4.31. The molecule has 2 heterocycles. The molecule has 3 aromatic rings. The molecule has 4 heteroatoms. The molecule has 0 saturated heterocycles. The van der Waals surface area contributed by atoms with Gasteiger partial charge >= 0.3 is 0 Å². The van der Waals surface area contributed by atoms with E-state index in [2.05, 4.69) is 4.98 Å². The first-order valence-electron chi connectivity index (χ1n) is 5.70. The van der Waals surface area contributed by atoms with Gasteiger partial charge in [0.05, 0.1) is 5.52 Å². The number of aromatic hydroxyl groups is 1. The fraction of sp³-hybridized carbons (Fsp3) is 0.0714. The molecule has 0 aliphatic rings. The lowest BCUT2D eigenvalue weighted by Gasteiger charge is -2.00. The van der Waals surface area contributed by atoms with Gasteiger partial charge in [-0.3, -0.25) is 4.40 Å². The molecule has 0 fully saturated rings. The van der Waals surface area contributed by atoms with E-state index in [4.69, 9.17) is 12.2 Å². The van der Waals surface area contributed by atoms with Crippen LogP contribution >= 0.6 is 12.2 Å². The Balaban J connectivity index is 2.05. The third-order valence-electron chi connectivity index (χ3n) is 2.96. The Hall–Kier alpha value is -2.07. The zero-order chi connectivity index (χ0) is 12.5. The van der Waals surface area contributed by atoms with E-state index < -0.39 is 0 Å². The first-order chi connectivity index (χ1) is 8.74. The maximum absolute atomic E-state index is 9.27. The van der Waals surface area contributed by atoms with E-state index in [0.717, 1.165) is 23.2 Å². The van der Waals surface area contributed by atoms with Crippen LogP contribution in [0.4, 0.5) is 0 Å². The predicted molar refractivity (Wildman–Crippen MR) is 73.5 cm³/mol. The molecule has 0 atom stereocenters. The number of nitrogens with one attached hydrogen (secondary N) is 1. The van der Waals surface area contributed by atoms with Gasteiger partial charge in [0.25, 0.3) is 0 Å². The van der Waals surface area contributed by atoms with Gasteiger partial charge in [0.2, 0.25) is 0 Å². The minimum Gasteiger partial charge on any atom is -0.508 e. The van der Waals surface area contributed by atoms with Crippen LogP contribution in [-0.2, 0) is 6.42 Å².